The summed E-state index contributed by atoms with van der Waals surface area (Å²) in [4.78, 5) is 0. The van der Waals surface area contributed by atoms with Crippen LogP contribution in [0, 0.1) is 13.8 Å². The van der Waals surface area contributed by atoms with Crippen LogP contribution in [0.5, 0.6) is 0 Å². The van der Waals surface area contributed by atoms with Gasteiger partial charge in [-0.05, 0) is 41.5 Å². The lowest BCUT2D eigenvalue weighted by molar-refractivity contribution is 0.591. The molecule has 0 bridgehead atoms. The van der Waals surface area contributed by atoms with Crippen LogP contribution in [0.25, 0.3) is 11.1 Å². The second-order valence-electron chi connectivity index (χ2n) is 6.11. The van der Waals surface area contributed by atoms with Crippen molar-refractivity contribution in [3.8, 4) is 11.1 Å². The largest absolute Gasteiger partial charge is 0.0620 e. The highest BCUT2D eigenvalue weighted by atomic mass is 14.2. The van der Waals surface area contributed by atoms with E-state index >= 15 is 0 Å². The molecule has 2 aromatic carbocycles. The Kier molecular flexibility index (Phi) is 3.30. The van der Waals surface area contributed by atoms with Crippen LogP contribution in [0.4, 0.5) is 0 Å². The van der Waals surface area contributed by atoms with Gasteiger partial charge in [0.2, 0.25) is 0 Å². The van der Waals surface area contributed by atoms with E-state index in [1.54, 1.807) is 0 Å². The Morgan fingerprint density at radius 1 is 0.778 bits per heavy atom. The molecule has 18 heavy (non-hydrogen) atoms. The fourth-order valence-electron chi connectivity index (χ4n) is 2.39. The minimum absolute atomic E-state index is 0.170. The van der Waals surface area contributed by atoms with Crippen molar-refractivity contribution in [1.29, 1.82) is 0 Å². The zero-order valence-electron chi connectivity index (χ0n) is 12.0. The van der Waals surface area contributed by atoms with Gasteiger partial charge in [0.1, 0.15) is 0 Å². The summed E-state index contributed by atoms with van der Waals surface area (Å²) in [7, 11) is 0. The van der Waals surface area contributed by atoms with Gasteiger partial charge in [0.25, 0.3) is 0 Å². The van der Waals surface area contributed by atoms with Crippen molar-refractivity contribution < 1.29 is 0 Å². The molecule has 2 aromatic rings. The molecule has 0 spiro atoms. The van der Waals surface area contributed by atoms with Gasteiger partial charge in [-0.1, -0.05) is 68.8 Å². The maximum Gasteiger partial charge on any atom is -0.0126 e. The molecule has 0 heteroatoms. The monoisotopic (exact) mass is 238 g/mol. The summed E-state index contributed by atoms with van der Waals surface area (Å²) in [5.74, 6) is 0. The average molecular weight is 238 g/mol. The first-order valence-electron chi connectivity index (χ1n) is 6.57. The Morgan fingerprint density at radius 3 is 2.06 bits per heavy atom. The third-order valence-corrected chi connectivity index (χ3v) is 3.42. The van der Waals surface area contributed by atoms with E-state index < -0.39 is 0 Å². The molecule has 0 aliphatic heterocycles. The van der Waals surface area contributed by atoms with Crippen molar-refractivity contribution in [3.63, 3.8) is 0 Å². The number of benzene rings is 2. The lowest BCUT2D eigenvalue weighted by Gasteiger charge is -2.24. The van der Waals surface area contributed by atoms with Crippen LogP contribution >= 0.6 is 0 Å². The predicted octanol–water partition coefficient (Wildman–Crippen LogP) is 5.27. The van der Waals surface area contributed by atoms with Gasteiger partial charge >= 0.3 is 0 Å². The van der Waals surface area contributed by atoms with E-state index in [0.29, 0.717) is 0 Å². The molecule has 0 N–H and O–H groups in total. The molecule has 0 nitrogen and oxygen atoms in total. The molecule has 0 atom stereocenters. The lowest BCUT2D eigenvalue weighted by atomic mass is 9.80. The third-order valence-electron chi connectivity index (χ3n) is 3.42. The smallest absolute Gasteiger partial charge is 0.0126 e. The van der Waals surface area contributed by atoms with Crippen LogP contribution in [0.3, 0.4) is 0 Å². The fourth-order valence-corrected chi connectivity index (χ4v) is 2.39. The summed E-state index contributed by atoms with van der Waals surface area (Å²) in [6, 6.07) is 15.4. The van der Waals surface area contributed by atoms with Gasteiger partial charge < -0.3 is 0 Å². The SMILES string of the molecule is Cc1ccc(-c2ccccc2C)c(C(C)(C)C)c1. The molecule has 0 aromatic heterocycles. The number of hydrogen-bond donors (Lipinski definition) is 0. The summed E-state index contributed by atoms with van der Waals surface area (Å²) >= 11 is 0. The molecular weight excluding hydrogens is 216 g/mol. The highest BCUT2D eigenvalue weighted by Gasteiger charge is 2.19. The number of rotatable bonds is 1. The lowest BCUT2D eigenvalue weighted by Crippen LogP contribution is -2.13. The second kappa shape index (κ2) is 4.61. The first-order chi connectivity index (χ1) is 8.39. The average Bonchev–Trinajstić information content (AvgIpc) is 2.29. The van der Waals surface area contributed by atoms with E-state index in [2.05, 4.69) is 77.1 Å². The molecule has 0 amide bonds. The summed E-state index contributed by atoms with van der Waals surface area (Å²) in [6.45, 7) is 11.2. The van der Waals surface area contributed by atoms with Gasteiger partial charge in [-0.15, -0.1) is 0 Å². The number of aryl methyl sites for hydroxylation is 2. The van der Waals surface area contributed by atoms with Crippen LogP contribution < -0.4 is 0 Å². The van der Waals surface area contributed by atoms with Gasteiger partial charge in [0, 0.05) is 0 Å². The first-order valence-corrected chi connectivity index (χ1v) is 6.57. The van der Waals surface area contributed by atoms with Crippen molar-refractivity contribution in [2.24, 2.45) is 0 Å². The van der Waals surface area contributed by atoms with Crippen LogP contribution in [-0.4, -0.2) is 0 Å². The number of hydrogen-bond acceptors (Lipinski definition) is 0. The topological polar surface area (TPSA) is 0 Å². The zero-order valence-corrected chi connectivity index (χ0v) is 12.0. The Hall–Kier alpha value is -1.56. The maximum absolute atomic E-state index is 2.32. The fraction of sp³-hybridized carbons (Fsp3) is 0.333. The molecule has 0 aliphatic rings. The normalized spacial score (nSPS) is 11.6. The molecule has 0 heterocycles. The summed E-state index contributed by atoms with van der Waals surface area (Å²) in [5.41, 5.74) is 6.98. The molecule has 0 unspecified atom stereocenters. The second-order valence-corrected chi connectivity index (χ2v) is 6.11. The van der Waals surface area contributed by atoms with Crippen molar-refractivity contribution >= 4 is 0 Å². The van der Waals surface area contributed by atoms with E-state index in [9.17, 15) is 0 Å². The molecule has 0 fully saturated rings. The molecule has 0 saturated heterocycles. The van der Waals surface area contributed by atoms with Crippen molar-refractivity contribution in [3.05, 3.63) is 59.2 Å². The Morgan fingerprint density at radius 2 is 1.44 bits per heavy atom. The predicted molar refractivity (Wildman–Crippen MR) is 80.1 cm³/mol. The van der Waals surface area contributed by atoms with Crippen molar-refractivity contribution in [1.82, 2.24) is 0 Å². The van der Waals surface area contributed by atoms with Gasteiger partial charge in [-0.3, -0.25) is 0 Å². The molecular formula is C18H22. The van der Waals surface area contributed by atoms with E-state index in [4.69, 9.17) is 0 Å². The Balaban J connectivity index is 2.69. The van der Waals surface area contributed by atoms with Crippen molar-refractivity contribution in [2.45, 2.75) is 40.0 Å². The molecule has 2 rings (SSSR count). The van der Waals surface area contributed by atoms with Crippen LogP contribution in [0.1, 0.15) is 37.5 Å². The standard InChI is InChI=1S/C18H22/c1-13-10-11-16(17(12-13)18(3,4)5)15-9-7-6-8-14(15)2/h6-12H,1-5H3. The Bertz CT molecular complexity index is 556. The summed E-state index contributed by atoms with van der Waals surface area (Å²) < 4.78 is 0. The highest BCUT2D eigenvalue weighted by Crippen LogP contribution is 2.35. The molecule has 0 radical (unpaired) electrons. The summed E-state index contributed by atoms with van der Waals surface area (Å²) in [6.07, 6.45) is 0. The van der Waals surface area contributed by atoms with Crippen LogP contribution in [-0.2, 0) is 5.41 Å². The maximum atomic E-state index is 2.32. The van der Waals surface area contributed by atoms with E-state index in [0.717, 1.165) is 0 Å². The minimum Gasteiger partial charge on any atom is -0.0620 e. The van der Waals surface area contributed by atoms with Crippen molar-refractivity contribution in [2.75, 3.05) is 0 Å². The molecule has 94 valence electrons. The summed E-state index contributed by atoms with van der Waals surface area (Å²) in [5, 5.41) is 0. The van der Waals surface area contributed by atoms with E-state index in [1.807, 2.05) is 0 Å². The minimum atomic E-state index is 0.170. The van der Waals surface area contributed by atoms with Gasteiger partial charge in [0.05, 0.1) is 0 Å². The quantitative estimate of drug-likeness (QED) is 0.635. The molecule has 0 saturated carbocycles. The van der Waals surface area contributed by atoms with E-state index in [-0.39, 0.29) is 5.41 Å². The highest BCUT2D eigenvalue weighted by molar-refractivity contribution is 5.72. The Labute approximate surface area is 111 Å². The van der Waals surface area contributed by atoms with E-state index in [1.165, 1.54) is 27.8 Å². The van der Waals surface area contributed by atoms with Gasteiger partial charge in [-0.2, -0.15) is 0 Å². The van der Waals surface area contributed by atoms with Crippen LogP contribution in [0.2, 0.25) is 0 Å². The molecule has 0 aliphatic carbocycles. The van der Waals surface area contributed by atoms with Gasteiger partial charge in [-0.25, -0.2) is 0 Å². The third kappa shape index (κ3) is 2.48. The van der Waals surface area contributed by atoms with Crippen LogP contribution in [0.15, 0.2) is 42.5 Å². The van der Waals surface area contributed by atoms with Gasteiger partial charge in [0.15, 0.2) is 0 Å². The zero-order chi connectivity index (χ0) is 13.3. The first kappa shape index (κ1) is 12.9.